The third-order valence-corrected chi connectivity index (χ3v) is 10.9. The van der Waals surface area contributed by atoms with E-state index in [0.29, 0.717) is 0 Å². The summed E-state index contributed by atoms with van der Waals surface area (Å²) in [6.07, 6.45) is 4.53. The molecule has 0 aliphatic carbocycles. The lowest BCUT2D eigenvalue weighted by molar-refractivity contribution is 0.414. The molecular formula is C56H42O2. The van der Waals surface area contributed by atoms with Gasteiger partial charge in [0.1, 0.15) is 11.5 Å². The van der Waals surface area contributed by atoms with Gasteiger partial charge in [0.15, 0.2) is 0 Å². The lowest BCUT2D eigenvalue weighted by Gasteiger charge is -2.18. The smallest absolute Gasteiger partial charge is 0.118 e. The van der Waals surface area contributed by atoms with Crippen LogP contribution in [0.2, 0.25) is 0 Å². The van der Waals surface area contributed by atoms with Crippen molar-refractivity contribution in [3.63, 3.8) is 0 Å². The summed E-state index contributed by atoms with van der Waals surface area (Å²) in [6, 6.07) is 73.5. The molecule has 0 saturated heterocycles. The maximum Gasteiger partial charge on any atom is 0.118 e. The van der Waals surface area contributed by atoms with Crippen molar-refractivity contribution in [1.82, 2.24) is 0 Å². The van der Waals surface area contributed by atoms with E-state index in [1.807, 2.05) is 24.3 Å². The second kappa shape index (κ2) is 16.4. The third kappa shape index (κ3) is 7.32. The van der Waals surface area contributed by atoms with E-state index in [4.69, 9.17) is 9.47 Å². The van der Waals surface area contributed by atoms with Gasteiger partial charge < -0.3 is 9.47 Å². The Bertz CT molecular complexity index is 2630. The molecule has 0 bridgehead atoms. The molecule has 0 aliphatic rings. The van der Waals surface area contributed by atoms with E-state index in [1.54, 1.807) is 14.2 Å². The van der Waals surface area contributed by atoms with Crippen molar-refractivity contribution in [1.29, 1.82) is 0 Å². The highest BCUT2D eigenvalue weighted by Gasteiger charge is 2.18. The monoisotopic (exact) mass is 746 g/mol. The lowest BCUT2D eigenvalue weighted by atomic mass is 9.85. The maximum absolute atomic E-state index is 5.48. The normalized spacial score (nSPS) is 11.8. The summed E-state index contributed by atoms with van der Waals surface area (Å²) in [5.41, 5.74) is 14.0. The fourth-order valence-corrected chi connectivity index (χ4v) is 8.02. The summed E-state index contributed by atoms with van der Waals surface area (Å²) < 4.78 is 11.0. The number of hydrogen-bond donors (Lipinski definition) is 0. The van der Waals surface area contributed by atoms with Gasteiger partial charge in [0.25, 0.3) is 0 Å². The van der Waals surface area contributed by atoms with Crippen LogP contribution >= 0.6 is 0 Å². The largest absolute Gasteiger partial charge is 0.497 e. The summed E-state index contributed by atoms with van der Waals surface area (Å²) in [5.74, 6) is 1.68. The van der Waals surface area contributed by atoms with Crippen LogP contribution in [0, 0.1) is 0 Å². The Morgan fingerprint density at radius 1 is 0.310 bits per heavy atom. The first-order valence-corrected chi connectivity index (χ1v) is 19.6. The predicted octanol–water partition coefficient (Wildman–Crippen LogP) is 14.5. The molecule has 0 unspecified atom stereocenters. The van der Waals surface area contributed by atoms with Crippen LogP contribution in [0.4, 0.5) is 0 Å². The van der Waals surface area contributed by atoms with Crippen LogP contribution in [0.15, 0.2) is 206 Å². The molecule has 9 rings (SSSR count). The molecule has 0 heterocycles. The summed E-state index contributed by atoms with van der Waals surface area (Å²) >= 11 is 0. The van der Waals surface area contributed by atoms with Gasteiger partial charge in [0, 0.05) is 0 Å². The number of ether oxygens (including phenoxy) is 2. The minimum atomic E-state index is 0.842. The maximum atomic E-state index is 5.48. The molecule has 0 atom stereocenters. The molecule has 0 N–H and O–H groups in total. The fraction of sp³-hybridized carbons (Fsp3) is 0.0357. The van der Waals surface area contributed by atoms with E-state index in [1.165, 1.54) is 43.8 Å². The van der Waals surface area contributed by atoms with Crippen LogP contribution in [0.25, 0.3) is 67.1 Å². The van der Waals surface area contributed by atoms with Crippen molar-refractivity contribution >= 4 is 44.8 Å². The summed E-state index contributed by atoms with van der Waals surface area (Å²) in [7, 11) is 3.41. The molecule has 278 valence electrons. The molecule has 0 aliphatic heterocycles. The minimum Gasteiger partial charge on any atom is -0.497 e. The van der Waals surface area contributed by atoms with E-state index in [9.17, 15) is 0 Å². The van der Waals surface area contributed by atoms with Crippen LogP contribution in [0.5, 0.6) is 11.5 Å². The van der Waals surface area contributed by atoms with Crippen LogP contribution in [0.3, 0.4) is 0 Å². The summed E-state index contributed by atoms with van der Waals surface area (Å²) in [4.78, 5) is 0. The van der Waals surface area contributed by atoms with Gasteiger partial charge >= 0.3 is 0 Å². The van der Waals surface area contributed by atoms with Gasteiger partial charge in [-0.05, 0) is 125 Å². The highest BCUT2D eigenvalue weighted by Crippen LogP contribution is 2.44. The standard InChI is InChI=1S/C56H42O2/c1-57-47-33-29-43(30-34-47)53(37-39-13-5-3-6-14-39)41-21-25-45(26-22-41)55-49-17-9-11-19-51(49)56(52-20-12-10-18-50(52)55)46-27-23-42(24-28-46)54(38-40-15-7-4-8-16-40)44-31-35-48(58-2)36-32-44/h3-38H,1-2H3/b53-37-,54-38-. The molecule has 58 heavy (non-hydrogen) atoms. The van der Waals surface area contributed by atoms with Crippen molar-refractivity contribution < 1.29 is 9.47 Å². The lowest BCUT2D eigenvalue weighted by Crippen LogP contribution is -1.93. The average Bonchev–Trinajstić information content (AvgIpc) is 3.30. The van der Waals surface area contributed by atoms with Crippen LogP contribution in [-0.4, -0.2) is 14.2 Å². The molecule has 2 heteroatoms. The molecule has 2 nitrogen and oxygen atoms in total. The van der Waals surface area contributed by atoms with Crippen molar-refractivity contribution in [3.05, 3.63) is 240 Å². The Hall–Kier alpha value is -7.42. The SMILES string of the molecule is COc1ccc(/C(=C\c2ccccc2)c2ccc(-c3c4ccccc4c(-c4ccc(/C(=C/c5ccccc5)c5ccc(OC)cc5)cc4)c4ccccc34)cc2)cc1. The number of rotatable bonds is 10. The van der Waals surface area contributed by atoms with Gasteiger partial charge in [-0.25, -0.2) is 0 Å². The Balaban J connectivity index is 1.14. The molecule has 0 radical (unpaired) electrons. The topological polar surface area (TPSA) is 18.5 Å². The van der Waals surface area contributed by atoms with Gasteiger partial charge in [-0.1, -0.05) is 182 Å². The minimum absolute atomic E-state index is 0.842. The van der Waals surface area contributed by atoms with E-state index in [2.05, 4.69) is 194 Å². The molecule has 0 amide bonds. The number of methoxy groups -OCH3 is 2. The Morgan fingerprint density at radius 3 is 0.879 bits per heavy atom. The zero-order chi connectivity index (χ0) is 39.3. The molecular weight excluding hydrogens is 705 g/mol. The van der Waals surface area contributed by atoms with Crippen LogP contribution in [-0.2, 0) is 0 Å². The van der Waals surface area contributed by atoms with Gasteiger partial charge in [-0.15, -0.1) is 0 Å². The Labute approximate surface area is 340 Å². The van der Waals surface area contributed by atoms with E-state index in [-0.39, 0.29) is 0 Å². The van der Waals surface area contributed by atoms with Gasteiger partial charge in [0.05, 0.1) is 14.2 Å². The Kier molecular flexibility index (Phi) is 10.2. The molecule has 0 fully saturated rings. The second-order valence-electron chi connectivity index (χ2n) is 14.4. The Morgan fingerprint density at radius 2 is 0.586 bits per heavy atom. The average molecular weight is 747 g/mol. The molecule has 0 saturated carbocycles. The summed E-state index contributed by atoms with van der Waals surface area (Å²) in [5, 5.41) is 4.91. The molecule has 9 aromatic rings. The number of benzene rings is 9. The zero-order valence-corrected chi connectivity index (χ0v) is 32.6. The van der Waals surface area contributed by atoms with Crippen molar-refractivity contribution in [2.45, 2.75) is 0 Å². The van der Waals surface area contributed by atoms with Crippen LogP contribution < -0.4 is 9.47 Å². The van der Waals surface area contributed by atoms with E-state index < -0.39 is 0 Å². The predicted molar refractivity (Wildman–Crippen MR) is 245 cm³/mol. The zero-order valence-electron chi connectivity index (χ0n) is 32.6. The third-order valence-electron chi connectivity index (χ3n) is 10.9. The quantitative estimate of drug-likeness (QED) is 0.102. The van der Waals surface area contributed by atoms with Gasteiger partial charge in [-0.3, -0.25) is 0 Å². The van der Waals surface area contributed by atoms with E-state index >= 15 is 0 Å². The van der Waals surface area contributed by atoms with Gasteiger partial charge in [-0.2, -0.15) is 0 Å². The first-order chi connectivity index (χ1) is 28.7. The van der Waals surface area contributed by atoms with Crippen molar-refractivity contribution in [2.24, 2.45) is 0 Å². The highest BCUT2D eigenvalue weighted by atomic mass is 16.5. The molecule has 9 aromatic carbocycles. The first kappa shape index (κ1) is 36.2. The molecule has 0 aromatic heterocycles. The second-order valence-corrected chi connectivity index (χ2v) is 14.4. The number of fused-ring (bicyclic) bond motifs is 2. The summed E-state index contributed by atoms with van der Waals surface area (Å²) in [6.45, 7) is 0. The molecule has 0 spiro atoms. The van der Waals surface area contributed by atoms with Crippen LogP contribution in [0.1, 0.15) is 33.4 Å². The first-order valence-electron chi connectivity index (χ1n) is 19.6. The fourth-order valence-electron chi connectivity index (χ4n) is 8.02. The van der Waals surface area contributed by atoms with Gasteiger partial charge in [0.2, 0.25) is 0 Å². The number of hydrogen-bond acceptors (Lipinski definition) is 2. The van der Waals surface area contributed by atoms with Crippen molar-refractivity contribution in [3.8, 4) is 33.8 Å². The van der Waals surface area contributed by atoms with E-state index in [0.717, 1.165) is 56.0 Å². The van der Waals surface area contributed by atoms with Crippen molar-refractivity contribution in [2.75, 3.05) is 14.2 Å². The highest BCUT2D eigenvalue weighted by molar-refractivity contribution is 6.21.